The molecule has 0 spiro atoms. The maximum atomic E-state index is 12.3. The lowest BCUT2D eigenvalue weighted by molar-refractivity contribution is 0.183. The van der Waals surface area contributed by atoms with E-state index < -0.39 is 0 Å². The van der Waals surface area contributed by atoms with Gasteiger partial charge in [-0.1, -0.05) is 22.6 Å². The first-order valence-electron chi connectivity index (χ1n) is 8.19. The summed E-state index contributed by atoms with van der Waals surface area (Å²) in [6.07, 6.45) is 3.37. The zero-order valence-electron chi connectivity index (χ0n) is 14.5. The smallest absolute Gasteiger partial charge is 0.259 e. The van der Waals surface area contributed by atoms with Gasteiger partial charge in [-0.2, -0.15) is 0 Å². The Morgan fingerprint density at radius 1 is 1.31 bits per heavy atom. The highest BCUT2D eigenvalue weighted by Crippen LogP contribution is 2.24. The summed E-state index contributed by atoms with van der Waals surface area (Å²) in [4.78, 5) is 23.9. The molecule has 3 aromatic rings. The Balaban J connectivity index is 1.99. The predicted octanol–water partition coefficient (Wildman–Crippen LogP) is 3.58. The van der Waals surface area contributed by atoms with Crippen molar-refractivity contribution in [3.63, 3.8) is 0 Å². The number of fused-ring (bicyclic) bond motifs is 1. The lowest BCUT2D eigenvalue weighted by atomic mass is 10.2. The number of H-pyrrole nitrogens is 1. The summed E-state index contributed by atoms with van der Waals surface area (Å²) in [6.45, 7) is 4.51. The average Bonchev–Trinajstić information content (AvgIpc) is 2.60. The van der Waals surface area contributed by atoms with Crippen LogP contribution in [0.2, 0.25) is 0 Å². The van der Waals surface area contributed by atoms with Crippen LogP contribution in [-0.4, -0.2) is 32.2 Å². The van der Waals surface area contributed by atoms with Crippen molar-refractivity contribution in [3.8, 4) is 0 Å². The van der Waals surface area contributed by atoms with Gasteiger partial charge in [0.05, 0.1) is 16.6 Å². The fourth-order valence-corrected chi connectivity index (χ4v) is 2.87. The summed E-state index contributed by atoms with van der Waals surface area (Å²) in [6, 6.07) is 7.57. The van der Waals surface area contributed by atoms with Crippen LogP contribution in [0.4, 0.5) is 17.5 Å². The lowest BCUT2D eigenvalue weighted by Crippen LogP contribution is -2.23. The first-order valence-corrected chi connectivity index (χ1v) is 9.72. The van der Waals surface area contributed by atoms with E-state index in [1.807, 2.05) is 38.1 Å². The Kier molecular flexibility index (Phi) is 6.04. The summed E-state index contributed by atoms with van der Waals surface area (Å²) in [5.74, 6) is 1.84. The van der Waals surface area contributed by atoms with Crippen LogP contribution >= 0.6 is 22.6 Å². The van der Waals surface area contributed by atoms with Gasteiger partial charge in [-0.05, 0) is 49.1 Å². The second kappa shape index (κ2) is 8.45. The molecular weight excluding hydrogens is 445 g/mol. The Morgan fingerprint density at radius 2 is 2.15 bits per heavy atom. The molecule has 0 saturated heterocycles. The van der Waals surface area contributed by atoms with E-state index in [4.69, 9.17) is 4.74 Å². The summed E-state index contributed by atoms with van der Waals surface area (Å²) in [7, 11) is 0. The maximum absolute atomic E-state index is 12.3. The van der Waals surface area contributed by atoms with Gasteiger partial charge in [-0.25, -0.2) is 9.97 Å². The topological polar surface area (TPSA) is 91.9 Å². The molecule has 0 aliphatic heterocycles. The van der Waals surface area contributed by atoms with Crippen molar-refractivity contribution >= 4 is 50.8 Å². The van der Waals surface area contributed by atoms with Crippen molar-refractivity contribution in [2.75, 3.05) is 21.9 Å². The van der Waals surface area contributed by atoms with Crippen LogP contribution in [0.3, 0.4) is 0 Å². The van der Waals surface area contributed by atoms with E-state index in [1.165, 1.54) is 0 Å². The Hall–Kier alpha value is -2.20. The van der Waals surface area contributed by atoms with Crippen LogP contribution in [0.15, 0.2) is 41.5 Å². The van der Waals surface area contributed by atoms with E-state index in [0.717, 1.165) is 10.9 Å². The standard InChI is InChI=1S/C18H20IN5O2/c1-11-3-5-20-14(7-11)23-15-8-13-4-6-21-18(25)16(13)17(24-15)22-12(2)9-26-10-19/h3-8,12H,9-10H2,1-2H3,(H,21,25)(H2,20,22,23,24)/t12-/m0/s1. The molecule has 0 unspecified atom stereocenters. The molecule has 0 aliphatic carbocycles. The Bertz CT molecular complexity index is 960. The van der Waals surface area contributed by atoms with Gasteiger partial charge in [0.15, 0.2) is 0 Å². The highest BCUT2D eigenvalue weighted by molar-refractivity contribution is 14.1. The van der Waals surface area contributed by atoms with Gasteiger partial charge in [0.25, 0.3) is 5.56 Å². The maximum Gasteiger partial charge on any atom is 0.259 e. The molecule has 1 atom stereocenters. The molecule has 0 amide bonds. The van der Waals surface area contributed by atoms with E-state index in [9.17, 15) is 4.79 Å². The number of rotatable bonds is 7. The summed E-state index contributed by atoms with van der Waals surface area (Å²) in [5.41, 5.74) is 0.919. The SMILES string of the molecule is Cc1ccnc(Nc2cc3cc[nH]c(=O)c3c(N[C@@H](C)COCI)n2)c1. The van der Waals surface area contributed by atoms with E-state index >= 15 is 0 Å². The number of aryl methyl sites for hydroxylation is 1. The summed E-state index contributed by atoms with van der Waals surface area (Å²) in [5, 5.41) is 7.80. The molecule has 3 N–H and O–H groups in total. The van der Waals surface area contributed by atoms with Gasteiger partial charge in [-0.15, -0.1) is 0 Å². The lowest BCUT2D eigenvalue weighted by Gasteiger charge is -2.17. The zero-order valence-corrected chi connectivity index (χ0v) is 16.7. The van der Waals surface area contributed by atoms with Crippen LogP contribution in [0.25, 0.3) is 10.8 Å². The highest BCUT2D eigenvalue weighted by Gasteiger charge is 2.12. The van der Waals surface area contributed by atoms with Gasteiger partial charge in [0.1, 0.15) is 17.5 Å². The second-order valence-electron chi connectivity index (χ2n) is 6.00. The molecule has 0 saturated carbocycles. The molecular formula is C18H20IN5O2. The number of hydrogen-bond acceptors (Lipinski definition) is 6. The first-order chi connectivity index (χ1) is 12.6. The summed E-state index contributed by atoms with van der Waals surface area (Å²) >= 11 is 2.15. The van der Waals surface area contributed by atoms with Crippen LogP contribution in [-0.2, 0) is 4.74 Å². The third kappa shape index (κ3) is 4.50. The summed E-state index contributed by atoms with van der Waals surface area (Å²) < 4.78 is 6.04. The minimum atomic E-state index is -0.181. The number of nitrogens with one attached hydrogen (secondary N) is 3. The van der Waals surface area contributed by atoms with Crippen LogP contribution in [0, 0.1) is 6.92 Å². The molecule has 26 heavy (non-hydrogen) atoms. The molecule has 0 aromatic carbocycles. The number of aromatic amines is 1. The van der Waals surface area contributed by atoms with Gasteiger partial charge < -0.3 is 20.4 Å². The van der Waals surface area contributed by atoms with Crippen LogP contribution in [0.1, 0.15) is 12.5 Å². The van der Waals surface area contributed by atoms with E-state index in [-0.39, 0.29) is 11.6 Å². The Labute approximate surface area is 164 Å². The van der Waals surface area contributed by atoms with Gasteiger partial charge in [0.2, 0.25) is 0 Å². The van der Waals surface area contributed by atoms with Crippen LogP contribution < -0.4 is 16.2 Å². The number of anilines is 3. The van der Waals surface area contributed by atoms with Gasteiger partial charge in [-0.3, -0.25) is 4.79 Å². The number of halogens is 1. The molecule has 0 bridgehead atoms. The minimum Gasteiger partial charge on any atom is -0.369 e. The quantitative estimate of drug-likeness (QED) is 0.365. The molecule has 0 radical (unpaired) electrons. The zero-order chi connectivity index (χ0) is 18.5. The number of pyridine rings is 3. The normalized spacial score (nSPS) is 12.1. The predicted molar refractivity (Wildman–Crippen MR) is 113 cm³/mol. The van der Waals surface area contributed by atoms with Crippen molar-refractivity contribution in [3.05, 3.63) is 52.6 Å². The third-order valence-electron chi connectivity index (χ3n) is 3.75. The molecule has 0 aliphatic rings. The van der Waals surface area contributed by atoms with Crippen molar-refractivity contribution in [2.45, 2.75) is 19.9 Å². The number of aromatic nitrogens is 3. The molecule has 3 rings (SSSR count). The Morgan fingerprint density at radius 3 is 2.92 bits per heavy atom. The second-order valence-corrected chi connectivity index (χ2v) is 6.62. The number of ether oxygens (including phenoxy) is 1. The molecule has 0 fully saturated rings. The van der Waals surface area contributed by atoms with E-state index in [0.29, 0.717) is 34.1 Å². The molecule has 3 heterocycles. The third-order valence-corrected chi connectivity index (χ3v) is 4.19. The van der Waals surface area contributed by atoms with Crippen molar-refractivity contribution in [1.82, 2.24) is 15.0 Å². The average molecular weight is 465 g/mol. The number of hydrogen-bond donors (Lipinski definition) is 3. The minimum absolute atomic E-state index is 0.00687. The molecule has 7 nitrogen and oxygen atoms in total. The monoisotopic (exact) mass is 465 g/mol. The molecule has 3 aromatic heterocycles. The fourth-order valence-electron chi connectivity index (χ4n) is 2.61. The fraction of sp³-hybridized carbons (Fsp3) is 0.278. The molecule has 8 heteroatoms. The van der Waals surface area contributed by atoms with Crippen molar-refractivity contribution < 1.29 is 4.74 Å². The van der Waals surface area contributed by atoms with E-state index in [2.05, 4.69) is 48.2 Å². The number of nitrogens with zero attached hydrogens (tertiary/aromatic N) is 2. The van der Waals surface area contributed by atoms with Crippen molar-refractivity contribution in [1.29, 1.82) is 0 Å². The van der Waals surface area contributed by atoms with Gasteiger partial charge >= 0.3 is 0 Å². The number of alkyl halides is 1. The largest absolute Gasteiger partial charge is 0.369 e. The van der Waals surface area contributed by atoms with Crippen LogP contribution in [0.5, 0.6) is 0 Å². The highest BCUT2D eigenvalue weighted by atomic mass is 127. The molecule has 136 valence electrons. The van der Waals surface area contributed by atoms with Gasteiger partial charge in [0, 0.05) is 18.4 Å². The van der Waals surface area contributed by atoms with Crippen molar-refractivity contribution in [2.24, 2.45) is 0 Å². The first kappa shape index (κ1) is 18.6. The van der Waals surface area contributed by atoms with E-state index in [1.54, 1.807) is 12.4 Å².